The molecule has 5 heteroatoms. The molecule has 0 aromatic carbocycles. The van der Waals surface area contributed by atoms with Crippen LogP contribution in [0, 0.1) is 12.8 Å². The van der Waals surface area contributed by atoms with E-state index in [0.29, 0.717) is 18.3 Å². The van der Waals surface area contributed by atoms with Gasteiger partial charge in [0.15, 0.2) is 0 Å². The summed E-state index contributed by atoms with van der Waals surface area (Å²) in [5.74, 6) is 0.551. The van der Waals surface area contributed by atoms with E-state index in [1.807, 2.05) is 25.7 Å². The van der Waals surface area contributed by atoms with Gasteiger partial charge < -0.3 is 15.3 Å². The van der Waals surface area contributed by atoms with Gasteiger partial charge in [-0.25, -0.2) is 0 Å². The summed E-state index contributed by atoms with van der Waals surface area (Å²) >= 11 is 0. The molecular weight excluding hydrogens is 266 g/mol. The first-order valence-corrected chi connectivity index (χ1v) is 7.65. The summed E-state index contributed by atoms with van der Waals surface area (Å²) in [4.78, 5) is 18.2. The highest BCUT2D eigenvalue weighted by molar-refractivity contribution is 5.78. The van der Waals surface area contributed by atoms with Crippen molar-refractivity contribution >= 4 is 5.91 Å². The van der Waals surface area contributed by atoms with Crippen molar-refractivity contribution in [2.75, 3.05) is 13.1 Å². The molecule has 116 valence electrons. The van der Waals surface area contributed by atoms with Crippen molar-refractivity contribution in [1.82, 2.24) is 15.2 Å². The highest BCUT2D eigenvalue weighted by Gasteiger charge is 2.24. The van der Waals surface area contributed by atoms with E-state index in [-0.39, 0.29) is 17.6 Å². The molecule has 1 fully saturated rings. The molecule has 0 bridgehead atoms. The van der Waals surface area contributed by atoms with E-state index in [4.69, 9.17) is 0 Å². The smallest absolute Gasteiger partial charge is 0.225 e. The average Bonchev–Trinajstić information content (AvgIpc) is 2.48. The topological polar surface area (TPSA) is 65.5 Å². The van der Waals surface area contributed by atoms with E-state index in [9.17, 15) is 9.90 Å². The van der Waals surface area contributed by atoms with Crippen LogP contribution in [0.15, 0.2) is 12.1 Å². The van der Waals surface area contributed by atoms with Gasteiger partial charge in [-0.3, -0.25) is 9.78 Å². The molecule has 1 amide bonds. The monoisotopic (exact) mass is 291 g/mol. The quantitative estimate of drug-likeness (QED) is 0.888. The number of rotatable bonds is 4. The Hall–Kier alpha value is -1.62. The predicted octanol–water partition coefficient (Wildman–Crippen LogP) is 1.83. The molecule has 1 aromatic heterocycles. The number of piperidine rings is 1. The number of carbonyl (C=O) groups excluding carboxylic acids is 1. The van der Waals surface area contributed by atoms with Crippen molar-refractivity contribution in [3.8, 4) is 5.75 Å². The van der Waals surface area contributed by atoms with Gasteiger partial charge in [0.1, 0.15) is 5.75 Å². The third kappa shape index (κ3) is 4.17. The molecule has 5 nitrogen and oxygen atoms in total. The molecular formula is C16H25N3O2. The lowest BCUT2D eigenvalue weighted by Gasteiger charge is -2.33. The lowest BCUT2D eigenvalue weighted by molar-refractivity contribution is -0.135. The van der Waals surface area contributed by atoms with Crippen LogP contribution in [-0.4, -0.2) is 40.0 Å². The van der Waals surface area contributed by atoms with Crippen molar-refractivity contribution in [1.29, 1.82) is 0 Å². The van der Waals surface area contributed by atoms with E-state index in [1.165, 1.54) is 0 Å². The average molecular weight is 291 g/mol. The fraction of sp³-hybridized carbons (Fsp3) is 0.625. The van der Waals surface area contributed by atoms with Crippen LogP contribution < -0.4 is 5.32 Å². The molecule has 0 radical (unpaired) electrons. The van der Waals surface area contributed by atoms with Gasteiger partial charge in [-0.2, -0.15) is 0 Å². The van der Waals surface area contributed by atoms with Gasteiger partial charge in [-0.15, -0.1) is 0 Å². The third-order valence-corrected chi connectivity index (χ3v) is 3.95. The van der Waals surface area contributed by atoms with Crippen LogP contribution in [0.2, 0.25) is 0 Å². The zero-order valence-electron chi connectivity index (χ0n) is 13.1. The molecule has 2 N–H and O–H groups in total. The zero-order chi connectivity index (χ0) is 15.4. The van der Waals surface area contributed by atoms with Crippen LogP contribution >= 0.6 is 0 Å². The first kappa shape index (κ1) is 15.8. The van der Waals surface area contributed by atoms with Crippen molar-refractivity contribution in [3.05, 3.63) is 23.5 Å². The Kier molecular flexibility index (Phi) is 5.17. The second kappa shape index (κ2) is 6.89. The summed E-state index contributed by atoms with van der Waals surface area (Å²) in [5.41, 5.74) is 1.60. The summed E-state index contributed by atoms with van der Waals surface area (Å²) in [6.07, 6.45) is 1.90. The Morgan fingerprint density at radius 3 is 2.71 bits per heavy atom. The van der Waals surface area contributed by atoms with Gasteiger partial charge in [0.05, 0.1) is 5.69 Å². The van der Waals surface area contributed by atoms with Gasteiger partial charge in [0.25, 0.3) is 0 Å². The second-order valence-corrected chi connectivity index (χ2v) is 6.05. The molecule has 0 aliphatic carbocycles. The van der Waals surface area contributed by atoms with E-state index in [2.05, 4.69) is 10.3 Å². The molecule has 2 rings (SSSR count). The Labute approximate surface area is 126 Å². The number of nitrogens with zero attached hydrogens (tertiary/aromatic N) is 2. The van der Waals surface area contributed by atoms with Crippen LogP contribution in [0.5, 0.6) is 5.75 Å². The van der Waals surface area contributed by atoms with Crippen molar-refractivity contribution in [3.63, 3.8) is 0 Å². The number of aromatic hydroxyl groups is 1. The first-order valence-electron chi connectivity index (χ1n) is 7.65. The molecule has 0 spiro atoms. The zero-order valence-corrected chi connectivity index (χ0v) is 13.1. The molecule has 0 atom stereocenters. The second-order valence-electron chi connectivity index (χ2n) is 6.05. The van der Waals surface area contributed by atoms with E-state index in [1.54, 1.807) is 12.1 Å². The normalized spacial score (nSPS) is 16.5. The van der Waals surface area contributed by atoms with Crippen LogP contribution in [0.25, 0.3) is 0 Å². The van der Waals surface area contributed by atoms with E-state index in [0.717, 1.165) is 31.6 Å². The minimum atomic E-state index is 0.0722. The standard InChI is InChI=1S/C16H25N3O2/c1-11(2)16(21)19-8-6-13(7-9-19)17-10-14-15(20)5-4-12(3)18-14/h4-5,11,13,17,20H,6-10H2,1-3H3. The number of nitrogens with one attached hydrogen (secondary N) is 1. The number of aromatic nitrogens is 1. The van der Waals surface area contributed by atoms with Crippen molar-refractivity contribution in [2.45, 2.75) is 46.2 Å². The van der Waals surface area contributed by atoms with Crippen LogP contribution in [0.3, 0.4) is 0 Å². The Morgan fingerprint density at radius 1 is 1.43 bits per heavy atom. The van der Waals surface area contributed by atoms with Gasteiger partial charge >= 0.3 is 0 Å². The summed E-state index contributed by atoms with van der Waals surface area (Å²) in [5, 5.41) is 13.2. The van der Waals surface area contributed by atoms with Crippen LogP contribution in [0.4, 0.5) is 0 Å². The predicted molar refractivity (Wildman–Crippen MR) is 81.9 cm³/mol. The molecule has 1 aromatic rings. The number of carbonyl (C=O) groups is 1. The van der Waals surface area contributed by atoms with Crippen molar-refractivity contribution in [2.24, 2.45) is 5.92 Å². The van der Waals surface area contributed by atoms with E-state index < -0.39 is 0 Å². The number of likely N-dealkylation sites (tertiary alicyclic amines) is 1. The lowest BCUT2D eigenvalue weighted by atomic mass is 10.0. The Bertz CT molecular complexity index is 494. The number of aryl methyl sites for hydroxylation is 1. The van der Waals surface area contributed by atoms with Crippen molar-refractivity contribution < 1.29 is 9.90 Å². The lowest BCUT2D eigenvalue weighted by Crippen LogP contribution is -2.46. The molecule has 1 saturated heterocycles. The third-order valence-electron chi connectivity index (χ3n) is 3.95. The fourth-order valence-electron chi connectivity index (χ4n) is 2.64. The number of amides is 1. The number of hydrogen-bond donors (Lipinski definition) is 2. The highest BCUT2D eigenvalue weighted by Crippen LogP contribution is 2.17. The SMILES string of the molecule is Cc1ccc(O)c(CNC2CCN(C(=O)C(C)C)CC2)n1. The van der Waals surface area contributed by atoms with Crippen LogP contribution in [-0.2, 0) is 11.3 Å². The Balaban J connectivity index is 1.81. The van der Waals surface area contributed by atoms with Gasteiger partial charge in [0, 0.05) is 37.3 Å². The van der Waals surface area contributed by atoms with E-state index >= 15 is 0 Å². The van der Waals surface area contributed by atoms with Gasteiger partial charge in [-0.05, 0) is 31.9 Å². The molecule has 2 heterocycles. The fourth-order valence-corrected chi connectivity index (χ4v) is 2.64. The van der Waals surface area contributed by atoms with Gasteiger partial charge in [0.2, 0.25) is 5.91 Å². The number of hydrogen-bond acceptors (Lipinski definition) is 4. The maximum atomic E-state index is 11.9. The highest BCUT2D eigenvalue weighted by atomic mass is 16.3. The molecule has 0 saturated carbocycles. The first-order chi connectivity index (χ1) is 9.97. The minimum Gasteiger partial charge on any atom is -0.506 e. The minimum absolute atomic E-state index is 0.0722. The molecule has 1 aliphatic heterocycles. The summed E-state index contributed by atoms with van der Waals surface area (Å²) < 4.78 is 0. The molecule has 1 aliphatic rings. The maximum Gasteiger partial charge on any atom is 0.225 e. The maximum absolute atomic E-state index is 11.9. The van der Waals surface area contributed by atoms with Crippen LogP contribution in [0.1, 0.15) is 38.1 Å². The summed E-state index contributed by atoms with van der Waals surface area (Å²) in [6, 6.07) is 3.86. The van der Waals surface area contributed by atoms with Gasteiger partial charge in [-0.1, -0.05) is 13.8 Å². The summed E-state index contributed by atoms with van der Waals surface area (Å²) in [6.45, 7) is 7.98. The number of pyridine rings is 1. The Morgan fingerprint density at radius 2 is 2.10 bits per heavy atom. The molecule has 0 unspecified atom stereocenters. The molecule has 21 heavy (non-hydrogen) atoms. The largest absolute Gasteiger partial charge is 0.506 e. The summed E-state index contributed by atoms with van der Waals surface area (Å²) in [7, 11) is 0.